The van der Waals surface area contributed by atoms with Crippen LogP contribution in [0.2, 0.25) is 0 Å². The van der Waals surface area contributed by atoms with Crippen LogP contribution in [0.1, 0.15) is 41.3 Å². The summed E-state index contributed by atoms with van der Waals surface area (Å²) in [5.74, 6) is 2.09. The average molecular weight is 289 g/mol. The van der Waals surface area contributed by atoms with E-state index in [4.69, 9.17) is 8.94 Å². The van der Waals surface area contributed by atoms with Gasteiger partial charge in [0.1, 0.15) is 6.26 Å². The lowest BCUT2D eigenvalue weighted by molar-refractivity contribution is 0.0686. The molecule has 0 saturated carbocycles. The van der Waals surface area contributed by atoms with Crippen molar-refractivity contribution in [1.29, 1.82) is 0 Å². The summed E-state index contributed by atoms with van der Waals surface area (Å²) in [4.78, 5) is 18.3. The fourth-order valence-electron chi connectivity index (χ4n) is 2.77. The first-order valence-corrected chi connectivity index (χ1v) is 7.33. The Balaban J connectivity index is 1.45. The zero-order valence-corrected chi connectivity index (χ0v) is 12.1. The molecule has 0 unspecified atom stereocenters. The van der Waals surface area contributed by atoms with Crippen LogP contribution >= 0.6 is 0 Å². The minimum atomic E-state index is 0.0657. The molecule has 2 aromatic heterocycles. The number of nitrogens with zero attached hydrogens (tertiary/aromatic N) is 3. The maximum atomic E-state index is 12.2. The zero-order chi connectivity index (χ0) is 14.7. The van der Waals surface area contributed by atoms with Gasteiger partial charge in [-0.25, -0.2) is 0 Å². The van der Waals surface area contributed by atoms with Gasteiger partial charge >= 0.3 is 0 Å². The van der Waals surface area contributed by atoms with Crippen LogP contribution in [0.5, 0.6) is 0 Å². The van der Waals surface area contributed by atoms with E-state index in [9.17, 15) is 4.79 Å². The number of furan rings is 1. The van der Waals surface area contributed by atoms with Gasteiger partial charge in [-0.05, 0) is 31.2 Å². The molecular weight excluding hydrogens is 270 g/mol. The van der Waals surface area contributed by atoms with Crippen molar-refractivity contribution in [1.82, 2.24) is 15.0 Å². The molecule has 3 rings (SSSR count). The van der Waals surface area contributed by atoms with Gasteiger partial charge in [-0.3, -0.25) is 4.79 Å². The summed E-state index contributed by atoms with van der Waals surface area (Å²) in [7, 11) is 0. The molecule has 1 fully saturated rings. The smallest absolute Gasteiger partial charge is 0.257 e. The largest absolute Gasteiger partial charge is 0.472 e. The molecule has 1 amide bonds. The number of piperidine rings is 1. The van der Waals surface area contributed by atoms with Gasteiger partial charge in [0.05, 0.1) is 11.8 Å². The predicted molar refractivity (Wildman–Crippen MR) is 74.7 cm³/mol. The molecule has 112 valence electrons. The Morgan fingerprint density at radius 3 is 2.86 bits per heavy atom. The lowest BCUT2D eigenvalue weighted by atomic mass is 9.92. The second-order valence-electron chi connectivity index (χ2n) is 5.52. The molecule has 1 aliphatic rings. The number of aryl methyl sites for hydroxylation is 2. The first-order chi connectivity index (χ1) is 10.2. The molecule has 0 radical (unpaired) electrons. The van der Waals surface area contributed by atoms with Crippen LogP contribution in [-0.4, -0.2) is 34.0 Å². The van der Waals surface area contributed by atoms with Crippen LogP contribution < -0.4 is 0 Å². The molecule has 6 nitrogen and oxygen atoms in total. The maximum absolute atomic E-state index is 12.2. The van der Waals surface area contributed by atoms with Crippen LogP contribution in [0.4, 0.5) is 0 Å². The van der Waals surface area contributed by atoms with Crippen LogP contribution in [0, 0.1) is 12.8 Å². The molecule has 6 heteroatoms. The Hall–Kier alpha value is -2.11. The number of hydrogen-bond acceptors (Lipinski definition) is 5. The Labute approximate surface area is 123 Å². The van der Waals surface area contributed by atoms with E-state index < -0.39 is 0 Å². The molecule has 0 aromatic carbocycles. The van der Waals surface area contributed by atoms with E-state index in [0.717, 1.165) is 44.6 Å². The third-order valence-corrected chi connectivity index (χ3v) is 4.02. The van der Waals surface area contributed by atoms with Crippen molar-refractivity contribution in [2.24, 2.45) is 5.92 Å². The first kappa shape index (κ1) is 13.9. The fourth-order valence-corrected chi connectivity index (χ4v) is 2.77. The van der Waals surface area contributed by atoms with Crippen LogP contribution in [0.3, 0.4) is 0 Å². The maximum Gasteiger partial charge on any atom is 0.257 e. The van der Waals surface area contributed by atoms with Crippen molar-refractivity contribution < 1.29 is 13.7 Å². The summed E-state index contributed by atoms with van der Waals surface area (Å²) in [6.45, 7) is 3.41. The summed E-state index contributed by atoms with van der Waals surface area (Å²) in [6, 6.07) is 1.72. The summed E-state index contributed by atoms with van der Waals surface area (Å²) < 4.78 is 9.94. The predicted octanol–water partition coefficient (Wildman–Crippen LogP) is 2.46. The SMILES string of the molecule is Cc1nc(CCC2CCN(C(=O)c3ccoc3)CC2)no1. The number of hydrogen-bond donors (Lipinski definition) is 0. The molecule has 1 saturated heterocycles. The number of carbonyl (C=O) groups excluding carboxylic acids is 1. The van der Waals surface area contributed by atoms with Crippen LogP contribution in [-0.2, 0) is 6.42 Å². The third-order valence-electron chi connectivity index (χ3n) is 4.02. The highest BCUT2D eigenvalue weighted by molar-refractivity contribution is 5.93. The lowest BCUT2D eigenvalue weighted by Crippen LogP contribution is -2.38. The van der Waals surface area contributed by atoms with E-state index in [1.54, 1.807) is 13.0 Å². The molecule has 0 aliphatic carbocycles. The van der Waals surface area contributed by atoms with Crippen molar-refractivity contribution in [2.45, 2.75) is 32.6 Å². The van der Waals surface area contributed by atoms with E-state index in [-0.39, 0.29) is 5.91 Å². The van der Waals surface area contributed by atoms with Gasteiger partial charge < -0.3 is 13.8 Å². The lowest BCUT2D eigenvalue weighted by Gasteiger charge is -2.31. The van der Waals surface area contributed by atoms with E-state index in [0.29, 0.717) is 17.4 Å². The van der Waals surface area contributed by atoms with Gasteiger partial charge in [-0.15, -0.1) is 0 Å². The topological polar surface area (TPSA) is 72.4 Å². The van der Waals surface area contributed by atoms with Gasteiger partial charge in [-0.2, -0.15) is 4.98 Å². The summed E-state index contributed by atoms with van der Waals surface area (Å²) in [6.07, 6.45) is 6.99. The highest BCUT2D eigenvalue weighted by atomic mass is 16.5. The second-order valence-corrected chi connectivity index (χ2v) is 5.52. The zero-order valence-electron chi connectivity index (χ0n) is 12.1. The number of aromatic nitrogens is 2. The Morgan fingerprint density at radius 1 is 1.43 bits per heavy atom. The number of rotatable bonds is 4. The average Bonchev–Trinajstić information content (AvgIpc) is 3.16. The Bertz CT molecular complexity index is 583. The Kier molecular flexibility index (Phi) is 4.03. The highest BCUT2D eigenvalue weighted by Crippen LogP contribution is 2.23. The third kappa shape index (κ3) is 3.32. The van der Waals surface area contributed by atoms with Crippen LogP contribution in [0.15, 0.2) is 27.5 Å². The molecular formula is C15H19N3O3. The molecule has 21 heavy (non-hydrogen) atoms. The van der Waals surface area contributed by atoms with E-state index >= 15 is 0 Å². The summed E-state index contributed by atoms with van der Waals surface area (Å²) in [5, 5.41) is 3.92. The van der Waals surface area contributed by atoms with Crippen molar-refractivity contribution >= 4 is 5.91 Å². The monoisotopic (exact) mass is 289 g/mol. The van der Waals surface area contributed by atoms with Gasteiger partial charge in [0, 0.05) is 26.4 Å². The highest BCUT2D eigenvalue weighted by Gasteiger charge is 2.24. The van der Waals surface area contributed by atoms with Gasteiger partial charge in [0.2, 0.25) is 5.89 Å². The summed E-state index contributed by atoms with van der Waals surface area (Å²) in [5.41, 5.74) is 0.635. The van der Waals surface area contributed by atoms with Crippen molar-refractivity contribution in [3.8, 4) is 0 Å². The number of amides is 1. The van der Waals surface area contributed by atoms with Gasteiger partial charge in [0.25, 0.3) is 5.91 Å². The van der Waals surface area contributed by atoms with E-state index in [1.807, 2.05) is 4.90 Å². The van der Waals surface area contributed by atoms with E-state index in [1.165, 1.54) is 12.5 Å². The molecule has 0 N–H and O–H groups in total. The van der Waals surface area contributed by atoms with Gasteiger partial charge in [-0.1, -0.05) is 5.16 Å². The second kappa shape index (κ2) is 6.11. The van der Waals surface area contributed by atoms with E-state index in [2.05, 4.69) is 10.1 Å². The summed E-state index contributed by atoms with van der Waals surface area (Å²) >= 11 is 0. The van der Waals surface area contributed by atoms with Crippen LogP contribution in [0.25, 0.3) is 0 Å². The molecule has 0 bridgehead atoms. The minimum Gasteiger partial charge on any atom is -0.472 e. The number of likely N-dealkylation sites (tertiary alicyclic amines) is 1. The van der Waals surface area contributed by atoms with Crippen molar-refractivity contribution in [3.63, 3.8) is 0 Å². The molecule has 2 aromatic rings. The normalized spacial score (nSPS) is 16.3. The molecule has 3 heterocycles. The molecule has 0 atom stereocenters. The molecule has 0 spiro atoms. The van der Waals surface area contributed by atoms with Gasteiger partial charge in [0.15, 0.2) is 5.82 Å². The quantitative estimate of drug-likeness (QED) is 0.864. The Morgan fingerprint density at radius 2 is 2.24 bits per heavy atom. The fraction of sp³-hybridized carbons (Fsp3) is 0.533. The van der Waals surface area contributed by atoms with Crippen molar-refractivity contribution in [3.05, 3.63) is 35.9 Å². The molecule has 1 aliphatic heterocycles. The first-order valence-electron chi connectivity index (χ1n) is 7.33. The minimum absolute atomic E-state index is 0.0657. The standard InChI is InChI=1S/C15H19N3O3/c1-11-16-14(17-21-11)3-2-12-4-7-18(8-5-12)15(19)13-6-9-20-10-13/h6,9-10,12H,2-5,7-8H2,1H3. The van der Waals surface area contributed by atoms with Crippen molar-refractivity contribution in [2.75, 3.05) is 13.1 Å². The number of carbonyl (C=O) groups is 1.